The Balaban J connectivity index is 1.95. The topological polar surface area (TPSA) is 25.2 Å². The van der Waals surface area contributed by atoms with E-state index in [9.17, 15) is 0 Å². The van der Waals surface area contributed by atoms with E-state index in [1.54, 1.807) is 0 Å². The number of fused-ring (bicyclic) bond motifs is 2. The van der Waals surface area contributed by atoms with Gasteiger partial charge in [-0.1, -0.05) is 41.9 Å². The lowest BCUT2D eigenvalue weighted by atomic mass is 9.85. The van der Waals surface area contributed by atoms with Crippen LogP contribution in [-0.4, -0.2) is 16.2 Å². The van der Waals surface area contributed by atoms with E-state index in [4.69, 9.17) is 16.6 Å². The van der Waals surface area contributed by atoms with Crippen LogP contribution in [0, 0.1) is 0 Å². The van der Waals surface area contributed by atoms with Gasteiger partial charge in [-0.2, -0.15) is 0 Å². The van der Waals surface area contributed by atoms with Gasteiger partial charge in [-0.05, 0) is 44.0 Å². The van der Waals surface area contributed by atoms with Gasteiger partial charge in [-0.15, -0.1) is 0 Å². The van der Waals surface area contributed by atoms with Gasteiger partial charge in [0.2, 0.25) is 0 Å². The molecule has 0 fully saturated rings. The van der Waals surface area contributed by atoms with E-state index in [0.717, 1.165) is 39.2 Å². The Morgan fingerprint density at radius 1 is 1.04 bits per heavy atom. The highest BCUT2D eigenvalue weighted by atomic mass is 35.5. The summed E-state index contributed by atoms with van der Waals surface area (Å²) in [5.74, 6) is 0. The molecule has 1 aromatic heterocycles. The maximum absolute atomic E-state index is 6.45. The standard InChI is InChI=1S/C20H17ClN2/c1-20(2)12-16-15(6-3-7-17(16)21)19(23-20)14-9-8-13-5-4-10-22-18(13)11-14/h3-11H,12H2,1-2H3. The first-order valence-electron chi connectivity index (χ1n) is 7.76. The van der Waals surface area contributed by atoms with Crippen LogP contribution in [0.2, 0.25) is 5.02 Å². The number of rotatable bonds is 1. The van der Waals surface area contributed by atoms with E-state index in [1.807, 2.05) is 24.4 Å². The first kappa shape index (κ1) is 14.4. The lowest BCUT2D eigenvalue weighted by Crippen LogP contribution is -2.29. The number of hydrogen-bond acceptors (Lipinski definition) is 2. The second kappa shape index (κ2) is 5.17. The summed E-state index contributed by atoms with van der Waals surface area (Å²) in [4.78, 5) is 9.47. The van der Waals surface area contributed by atoms with E-state index in [2.05, 4.69) is 49.2 Å². The van der Waals surface area contributed by atoms with Gasteiger partial charge in [0.1, 0.15) is 0 Å². The molecule has 3 heteroatoms. The van der Waals surface area contributed by atoms with Crippen molar-refractivity contribution in [1.29, 1.82) is 0 Å². The number of nitrogens with zero attached hydrogens (tertiary/aromatic N) is 2. The molecule has 23 heavy (non-hydrogen) atoms. The molecule has 0 N–H and O–H groups in total. The molecular formula is C20H17ClN2. The lowest BCUT2D eigenvalue weighted by molar-refractivity contribution is 0.513. The van der Waals surface area contributed by atoms with Gasteiger partial charge in [-0.3, -0.25) is 9.98 Å². The second-order valence-electron chi connectivity index (χ2n) is 6.63. The number of benzene rings is 2. The first-order valence-corrected chi connectivity index (χ1v) is 8.14. The molecule has 0 radical (unpaired) electrons. The molecular weight excluding hydrogens is 304 g/mol. The maximum atomic E-state index is 6.45. The minimum Gasteiger partial charge on any atom is -0.278 e. The molecule has 2 nitrogen and oxygen atoms in total. The minimum absolute atomic E-state index is 0.160. The van der Waals surface area contributed by atoms with Gasteiger partial charge in [-0.25, -0.2) is 0 Å². The monoisotopic (exact) mass is 320 g/mol. The summed E-state index contributed by atoms with van der Waals surface area (Å²) >= 11 is 6.45. The van der Waals surface area contributed by atoms with Crippen LogP contribution >= 0.6 is 11.6 Å². The Hall–Kier alpha value is -2.19. The molecule has 0 amide bonds. The maximum Gasteiger partial charge on any atom is 0.0729 e. The number of aliphatic imine (C=N–C) groups is 1. The highest BCUT2D eigenvalue weighted by molar-refractivity contribution is 6.32. The third-order valence-corrected chi connectivity index (χ3v) is 4.63. The molecule has 1 aliphatic rings. The average Bonchev–Trinajstić information content (AvgIpc) is 2.54. The van der Waals surface area contributed by atoms with Gasteiger partial charge < -0.3 is 0 Å². The summed E-state index contributed by atoms with van der Waals surface area (Å²) in [5.41, 5.74) is 5.24. The fourth-order valence-corrected chi connectivity index (χ4v) is 3.47. The number of hydrogen-bond donors (Lipinski definition) is 0. The highest BCUT2D eigenvalue weighted by Crippen LogP contribution is 2.33. The van der Waals surface area contributed by atoms with Gasteiger partial charge >= 0.3 is 0 Å². The fraction of sp³-hybridized carbons (Fsp3) is 0.200. The molecule has 0 atom stereocenters. The Bertz CT molecular complexity index is 941. The number of halogens is 1. The molecule has 0 saturated carbocycles. The molecule has 4 rings (SSSR count). The Morgan fingerprint density at radius 2 is 1.91 bits per heavy atom. The lowest BCUT2D eigenvalue weighted by Gasteiger charge is -2.30. The molecule has 0 aliphatic carbocycles. The smallest absolute Gasteiger partial charge is 0.0729 e. The predicted molar refractivity (Wildman–Crippen MR) is 96.6 cm³/mol. The van der Waals surface area contributed by atoms with Crippen molar-refractivity contribution in [3.05, 3.63) is 76.4 Å². The molecule has 1 aliphatic heterocycles. The largest absolute Gasteiger partial charge is 0.278 e. The molecule has 3 aromatic rings. The van der Waals surface area contributed by atoms with Gasteiger partial charge in [0.25, 0.3) is 0 Å². The van der Waals surface area contributed by atoms with Gasteiger partial charge in [0.15, 0.2) is 0 Å². The van der Waals surface area contributed by atoms with Crippen LogP contribution in [0.3, 0.4) is 0 Å². The summed E-state index contributed by atoms with van der Waals surface area (Å²) in [7, 11) is 0. The zero-order chi connectivity index (χ0) is 16.0. The van der Waals surface area contributed by atoms with E-state index in [0.29, 0.717) is 0 Å². The molecule has 0 spiro atoms. The van der Waals surface area contributed by atoms with Crippen molar-refractivity contribution >= 4 is 28.2 Å². The second-order valence-corrected chi connectivity index (χ2v) is 7.03. The van der Waals surface area contributed by atoms with Crippen LogP contribution in [0.4, 0.5) is 0 Å². The third kappa shape index (κ3) is 2.53. The summed E-state index contributed by atoms with van der Waals surface area (Å²) in [6, 6.07) is 16.4. The summed E-state index contributed by atoms with van der Waals surface area (Å²) in [6.45, 7) is 4.30. The molecule has 0 unspecified atom stereocenters. The normalized spacial score (nSPS) is 16.0. The van der Waals surface area contributed by atoms with Crippen molar-refractivity contribution < 1.29 is 0 Å². The van der Waals surface area contributed by atoms with Crippen LogP contribution in [0.5, 0.6) is 0 Å². The van der Waals surface area contributed by atoms with Crippen molar-refractivity contribution in [3.8, 4) is 0 Å². The van der Waals surface area contributed by atoms with E-state index in [-0.39, 0.29) is 5.54 Å². The average molecular weight is 321 g/mol. The van der Waals surface area contributed by atoms with Crippen LogP contribution in [0.25, 0.3) is 10.9 Å². The minimum atomic E-state index is -0.160. The van der Waals surface area contributed by atoms with Crippen LogP contribution in [-0.2, 0) is 6.42 Å². The summed E-state index contributed by atoms with van der Waals surface area (Å²) in [5, 5.41) is 1.96. The van der Waals surface area contributed by atoms with E-state index >= 15 is 0 Å². The molecule has 2 heterocycles. The molecule has 0 saturated heterocycles. The number of pyridine rings is 1. The fourth-order valence-electron chi connectivity index (χ4n) is 3.23. The highest BCUT2D eigenvalue weighted by Gasteiger charge is 2.28. The molecule has 114 valence electrons. The Labute approximate surface area is 140 Å². The van der Waals surface area contributed by atoms with E-state index < -0.39 is 0 Å². The van der Waals surface area contributed by atoms with Crippen LogP contribution < -0.4 is 0 Å². The SMILES string of the molecule is CC1(C)Cc2c(Cl)cccc2C(c2ccc3cccnc3c2)=N1. The number of aromatic nitrogens is 1. The van der Waals surface area contributed by atoms with Crippen molar-refractivity contribution in [2.75, 3.05) is 0 Å². The first-order chi connectivity index (χ1) is 11.0. The van der Waals surface area contributed by atoms with E-state index in [1.165, 1.54) is 5.56 Å². The van der Waals surface area contributed by atoms with Gasteiger partial charge in [0.05, 0.1) is 16.8 Å². The van der Waals surface area contributed by atoms with Crippen molar-refractivity contribution in [2.45, 2.75) is 25.8 Å². The van der Waals surface area contributed by atoms with Crippen LogP contribution in [0.1, 0.15) is 30.5 Å². The molecule has 2 aromatic carbocycles. The predicted octanol–water partition coefficient (Wildman–Crippen LogP) is 5.06. The zero-order valence-corrected chi connectivity index (χ0v) is 13.9. The van der Waals surface area contributed by atoms with Crippen LogP contribution in [0.15, 0.2) is 59.7 Å². The molecule has 0 bridgehead atoms. The van der Waals surface area contributed by atoms with Crippen molar-refractivity contribution in [2.24, 2.45) is 4.99 Å². The van der Waals surface area contributed by atoms with Crippen molar-refractivity contribution in [3.63, 3.8) is 0 Å². The summed E-state index contributed by atoms with van der Waals surface area (Å²) < 4.78 is 0. The zero-order valence-electron chi connectivity index (χ0n) is 13.2. The quantitative estimate of drug-likeness (QED) is 0.615. The summed E-state index contributed by atoms with van der Waals surface area (Å²) in [6.07, 6.45) is 2.68. The van der Waals surface area contributed by atoms with Gasteiger partial charge in [0, 0.05) is 27.7 Å². The van der Waals surface area contributed by atoms with Crippen molar-refractivity contribution in [1.82, 2.24) is 4.98 Å². The Kier molecular flexibility index (Phi) is 3.24. The third-order valence-electron chi connectivity index (χ3n) is 4.28. The Morgan fingerprint density at radius 3 is 2.78 bits per heavy atom.